The summed E-state index contributed by atoms with van der Waals surface area (Å²) >= 11 is 7.86. The Morgan fingerprint density at radius 3 is 0.686 bits per heavy atom. The van der Waals surface area contributed by atoms with Crippen LogP contribution in [0.2, 0.25) is 0 Å². The third-order valence-corrected chi connectivity index (χ3v) is 4.17. The molecule has 0 saturated heterocycles. The molecule has 4 rings (SSSR count). The van der Waals surface area contributed by atoms with Gasteiger partial charge in [-0.1, -0.05) is 9.79 Å². The number of halogens is 10. The van der Waals surface area contributed by atoms with Crippen LogP contribution in [0.25, 0.3) is 0 Å². The molecule has 0 heterocycles. The molecule has 0 saturated carbocycles. The van der Waals surface area contributed by atoms with Crippen molar-refractivity contribution in [2.24, 2.45) is 0 Å². The molecule has 0 fully saturated rings. The van der Waals surface area contributed by atoms with E-state index < -0.39 is 68.0 Å². The molecule has 0 unspecified atom stereocenters. The summed E-state index contributed by atoms with van der Waals surface area (Å²) in [6.45, 7) is 0. The molecule has 0 bridgehead atoms. The van der Waals surface area contributed by atoms with Crippen molar-refractivity contribution in [3.63, 3.8) is 0 Å². The molecule has 0 aliphatic heterocycles. The SMILES string of the molecule is Fc1c(F)c(F)c([S-])c(F)c1F.Fc1c(F)c(F)c([S-])c(F)c1F.[Ti+4].c1cc[cH-]c1.c1cc[cH-]c1. The van der Waals surface area contributed by atoms with Crippen LogP contribution in [0.5, 0.6) is 0 Å². The molecule has 0 aliphatic carbocycles. The summed E-state index contributed by atoms with van der Waals surface area (Å²) in [6, 6.07) is 20.0. The summed E-state index contributed by atoms with van der Waals surface area (Å²) in [7, 11) is 0. The Balaban J connectivity index is 0.000000468. The molecule has 4 aromatic rings. The van der Waals surface area contributed by atoms with Crippen molar-refractivity contribution < 1.29 is 65.6 Å². The van der Waals surface area contributed by atoms with Crippen LogP contribution in [0.1, 0.15) is 0 Å². The number of hydrogen-bond acceptors (Lipinski definition) is 2. The largest absolute Gasteiger partial charge is 4.00 e. The van der Waals surface area contributed by atoms with Crippen molar-refractivity contribution in [3.05, 3.63) is 119 Å². The summed E-state index contributed by atoms with van der Waals surface area (Å²) < 4.78 is 122. The minimum absolute atomic E-state index is 0. The number of hydrogen-bond donors (Lipinski definition) is 0. The monoisotopic (exact) mass is 576 g/mol. The summed E-state index contributed by atoms with van der Waals surface area (Å²) in [5.41, 5.74) is 0. The minimum atomic E-state index is -2.20. The van der Waals surface area contributed by atoms with Gasteiger partial charge in [0.2, 0.25) is 0 Å². The Morgan fingerprint density at radius 1 is 0.371 bits per heavy atom. The van der Waals surface area contributed by atoms with Gasteiger partial charge in [-0.2, -0.15) is 36.4 Å². The van der Waals surface area contributed by atoms with Crippen molar-refractivity contribution in [2.75, 3.05) is 0 Å². The fourth-order valence-corrected chi connectivity index (χ4v) is 2.17. The maximum absolute atomic E-state index is 12.3. The Labute approximate surface area is 219 Å². The number of rotatable bonds is 0. The third kappa shape index (κ3) is 8.95. The molecule has 184 valence electrons. The molecule has 0 N–H and O–H groups in total. The molecular weight excluding hydrogens is 566 g/mol. The molecule has 13 heteroatoms. The fourth-order valence-electron chi connectivity index (χ4n) is 1.81. The van der Waals surface area contributed by atoms with E-state index >= 15 is 0 Å². The third-order valence-electron chi connectivity index (χ3n) is 3.45. The normalized spacial score (nSPS) is 9.43. The molecule has 35 heavy (non-hydrogen) atoms. The second-order valence-corrected chi connectivity index (χ2v) is 6.54. The van der Waals surface area contributed by atoms with E-state index in [0.717, 1.165) is 0 Å². The van der Waals surface area contributed by atoms with Gasteiger partial charge in [0.1, 0.15) is 23.3 Å². The van der Waals surface area contributed by atoms with E-state index in [1.54, 1.807) is 0 Å². The molecule has 0 atom stereocenters. The van der Waals surface area contributed by atoms with Crippen LogP contribution in [0.15, 0.2) is 70.5 Å². The van der Waals surface area contributed by atoms with Crippen LogP contribution in [-0.2, 0) is 47.0 Å². The van der Waals surface area contributed by atoms with E-state index in [4.69, 9.17) is 0 Å². The topological polar surface area (TPSA) is 0 Å². The van der Waals surface area contributed by atoms with Gasteiger partial charge in [-0.05, 0) is 0 Å². The zero-order chi connectivity index (χ0) is 26.0. The summed E-state index contributed by atoms with van der Waals surface area (Å²) in [6.07, 6.45) is 0. The standard InChI is InChI=1S/2C6HF5S.2C5H5.Ti/c2*7-1-2(8)4(10)6(12)5(11)3(1)9;2*1-2-4-5-3-1;/h2*12H;2*1-5H;/q;;2*-1;+4/p-2. The molecule has 0 aromatic heterocycles. The van der Waals surface area contributed by atoms with Gasteiger partial charge in [0.25, 0.3) is 0 Å². The molecule has 0 spiro atoms. The van der Waals surface area contributed by atoms with Crippen LogP contribution in [0.4, 0.5) is 43.9 Å². The second kappa shape index (κ2) is 15.6. The fraction of sp³-hybridized carbons (Fsp3) is 0. The first-order valence-corrected chi connectivity index (χ1v) is 9.45. The molecular formula is C22H10F10S2Ti. The quantitative estimate of drug-likeness (QED) is 0.0535. The summed E-state index contributed by atoms with van der Waals surface area (Å²) in [4.78, 5) is -2.57. The molecule has 0 aliphatic rings. The van der Waals surface area contributed by atoms with Crippen molar-refractivity contribution in [1.82, 2.24) is 0 Å². The van der Waals surface area contributed by atoms with Crippen LogP contribution in [0, 0.1) is 58.2 Å². The van der Waals surface area contributed by atoms with Gasteiger partial charge in [-0.15, -0.1) is 0 Å². The van der Waals surface area contributed by atoms with Gasteiger partial charge in [0.05, 0.1) is 0 Å². The number of benzene rings is 2. The molecule has 0 radical (unpaired) electrons. The smallest absolute Gasteiger partial charge is 0.774 e. The Kier molecular flexibility index (Phi) is 14.5. The van der Waals surface area contributed by atoms with Crippen LogP contribution < -0.4 is 0 Å². The van der Waals surface area contributed by atoms with E-state index in [1.807, 2.05) is 60.7 Å². The van der Waals surface area contributed by atoms with E-state index in [-0.39, 0.29) is 21.7 Å². The molecule has 4 aromatic carbocycles. The van der Waals surface area contributed by atoms with E-state index in [1.165, 1.54) is 0 Å². The van der Waals surface area contributed by atoms with Gasteiger partial charge in [0.15, 0.2) is 34.9 Å². The zero-order valence-electron chi connectivity index (χ0n) is 16.9. The van der Waals surface area contributed by atoms with Crippen molar-refractivity contribution in [3.8, 4) is 0 Å². The predicted molar refractivity (Wildman–Crippen MR) is 108 cm³/mol. The average molecular weight is 576 g/mol. The first-order valence-electron chi connectivity index (χ1n) is 8.63. The summed E-state index contributed by atoms with van der Waals surface area (Å²) in [5.74, 6) is -20.3. The maximum atomic E-state index is 12.3. The van der Waals surface area contributed by atoms with Gasteiger partial charge in [0, 0.05) is 0 Å². The Hall–Kier alpha value is -2.41. The first kappa shape index (κ1) is 32.6. The van der Waals surface area contributed by atoms with Gasteiger partial charge < -0.3 is 25.3 Å². The first-order chi connectivity index (χ1) is 15.9. The van der Waals surface area contributed by atoms with Crippen molar-refractivity contribution >= 4 is 25.3 Å². The average Bonchev–Trinajstić information content (AvgIpc) is 3.61. The minimum Gasteiger partial charge on any atom is -0.774 e. The van der Waals surface area contributed by atoms with Crippen molar-refractivity contribution in [2.45, 2.75) is 9.79 Å². The summed E-state index contributed by atoms with van der Waals surface area (Å²) in [5, 5.41) is 0. The molecule has 0 nitrogen and oxygen atoms in total. The maximum Gasteiger partial charge on any atom is 4.00 e. The van der Waals surface area contributed by atoms with Crippen molar-refractivity contribution in [1.29, 1.82) is 0 Å². The second-order valence-electron chi connectivity index (χ2n) is 5.72. The van der Waals surface area contributed by atoms with Gasteiger partial charge in [-0.25, -0.2) is 68.2 Å². The predicted octanol–water partition coefficient (Wildman–Crippen LogP) is 7.38. The van der Waals surface area contributed by atoms with Crippen LogP contribution in [0.3, 0.4) is 0 Å². The van der Waals surface area contributed by atoms with Crippen LogP contribution in [-0.4, -0.2) is 0 Å². The van der Waals surface area contributed by atoms with E-state index in [0.29, 0.717) is 0 Å². The Morgan fingerprint density at radius 2 is 0.543 bits per heavy atom. The van der Waals surface area contributed by atoms with Crippen LogP contribution >= 0.6 is 0 Å². The van der Waals surface area contributed by atoms with Gasteiger partial charge in [-0.3, -0.25) is 0 Å². The molecule has 0 amide bonds. The van der Waals surface area contributed by atoms with Gasteiger partial charge >= 0.3 is 21.7 Å². The van der Waals surface area contributed by atoms with E-state index in [9.17, 15) is 43.9 Å². The Bertz CT molecular complexity index is 842. The van der Waals surface area contributed by atoms with E-state index in [2.05, 4.69) is 25.3 Å². The zero-order valence-corrected chi connectivity index (χ0v) is 20.1.